The molecule has 0 saturated carbocycles. The molecule has 4 rings (SSSR count). The van der Waals surface area contributed by atoms with Crippen molar-refractivity contribution in [1.82, 2.24) is 19.8 Å². The minimum atomic E-state index is -1.16. The Balaban J connectivity index is 1.37. The highest BCUT2D eigenvalue weighted by Crippen LogP contribution is 2.26. The summed E-state index contributed by atoms with van der Waals surface area (Å²) in [4.78, 5) is 45.7. The maximum absolute atomic E-state index is 13.3. The van der Waals surface area contributed by atoms with Crippen LogP contribution >= 0.6 is 0 Å². The number of likely N-dealkylation sites (tertiary alicyclic amines) is 1. The molecule has 2 heterocycles. The van der Waals surface area contributed by atoms with Crippen LogP contribution < -0.4 is 16.4 Å². The lowest BCUT2D eigenvalue weighted by Crippen LogP contribution is -2.56. The van der Waals surface area contributed by atoms with Crippen molar-refractivity contribution in [2.75, 3.05) is 25.0 Å². The number of aryl methyl sites for hydroxylation is 2. The Morgan fingerprint density at radius 3 is 2.33 bits per heavy atom. The second-order valence-electron chi connectivity index (χ2n) is 11.7. The first-order valence-corrected chi connectivity index (χ1v) is 15.0. The molecule has 4 N–H and O–H groups in total. The molecule has 2 atom stereocenters. The molecule has 230 valence electrons. The number of anilines is 1. The number of nitrogens with zero attached hydrogens (tertiary/aromatic N) is 3. The fraction of sp³-hybridized carbons (Fsp3) is 0.455. The van der Waals surface area contributed by atoms with Gasteiger partial charge in [0, 0.05) is 25.8 Å². The van der Waals surface area contributed by atoms with E-state index in [0.29, 0.717) is 25.4 Å². The van der Waals surface area contributed by atoms with Crippen molar-refractivity contribution < 1.29 is 19.1 Å². The van der Waals surface area contributed by atoms with E-state index in [-0.39, 0.29) is 18.4 Å². The predicted molar refractivity (Wildman–Crippen MR) is 166 cm³/mol. The van der Waals surface area contributed by atoms with Crippen molar-refractivity contribution in [1.29, 1.82) is 0 Å². The van der Waals surface area contributed by atoms with Crippen molar-refractivity contribution in [2.24, 2.45) is 5.73 Å². The van der Waals surface area contributed by atoms with Gasteiger partial charge in [0.1, 0.15) is 11.9 Å². The molecule has 0 bridgehead atoms. The van der Waals surface area contributed by atoms with Crippen LogP contribution in [0.4, 0.5) is 5.82 Å². The van der Waals surface area contributed by atoms with Gasteiger partial charge in [-0.25, -0.2) is 4.98 Å². The Kier molecular flexibility index (Phi) is 11.1. The summed E-state index contributed by atoms with van der Waals surface area (Å²) in [7, 11) is 0. The minimum Gasteiger partial charge on any atom is -0.374 e. The van der Waals surface area contributed by atoms with E-state index in [1.165, 1.54) is 0 Å². The number of nitrogens with one attached hydrogen (secondary N) is 2. The van der Waals surface area contributed by atoms with Gasteiger partial charge in [0.2, 0.25) is 11.8 Å². The molecular weight excluding hydrogens is 544 g/mol. The van der Waals surface area contributed by atoms with E-state index in [1.807, 2.05) is 77.1 Å². The Hall–Kier alpha value is -4.02. The van der Waals surface area contributed by atoms with E-state index in [2.05, 4.69) is 15.6 Å². The zero-order valence-corrected chi connectivity index (χ0v) is 25.4. The molecule has 10 nitrogen and oxygen atoms in total. The summed E-state index contributed by atoms with van der Waals surface area (Å²) in [5.41, 5.74) is 6.79. The van der Waals surface area contributed by atoms with Gasteiger partial charge in [0.25, 0.3) is 5.91 Å². The molecule has 3 amide bonds. The van der Waals surface area contributed by atoms with Crippen molar-refractivity contribution in [3.8, 4) is 0 Å². The van der Waals surface area contributed by atoms with Crippen LogP contribution in [0.25, 0.3) is 0 Å². The van der Waals surface area contributed by atoms with E-state index < -0.39 is 23.4 Å². The van der Waals surface area contributed by atoms with Gasteiger partial charge in [0.15, 0.2) is 5.82 Å². The summed E-state index contributed by atoms with van der Waals surface area (Å²) in [5.74, 6) is 0.215. The molecule has 0 spiro atoms. The van der Waals surface area contributed by atoms with Gasteiger partial charge < -0.3 is 30.6 Å². The molecule has 0 radical (unpaired) electrons. The number of rotatable bonds is 14. The zero-order valence-electron chi connectivity index (χ0n) is 25.4. The highest BCUT2D eigenvalue weighted by atomic mass is 16.5. The molecule has 10 heteroatoms. The first-order chi connectivity index (χ1) is 20.6. The van der Waals surface area contributed by atoms with Crippen LogP contribution in [0.2, 0.25) is 0 Å². The average molecular weight is 589 g/mol. The van der Waals surface area contributed by atoms with Crippen LogP contribution in [0, 0.1) is 6.92 Å². The smallest absolute Gasteiger partial charge is 0.250 e. The third-order valence-corrected chi connectivity index (χ3v) is 7.64. The monoisotopic (exact) mass is 588 g/mol. The Bertz CT molecular complexity index is 1350. The molecule has 1 aromatic heterocycles. The maximum atomic E-state index is 13.3. The van der Waals surface area contributed by atoms with E-state index >= 15 is 0 Å². The lowest BCUT2D eigenvalue weighted by atomic mass is 9.92. The summed E-state index contributed by atoms with van der Waals surface area (Å²) in [6, 6.07) is 18.6. The van der Waals surface area contributed by atoms with Crippen molar-refractivity contribution >= 4 is 23.5 Å². The minimum absolute atomic E-state index is 0.0336. The van der Waals surface area contributed by atoms with Gasteiger partial charge in [-0.15, -0.1) is 0 Å². The fourth-order valence-corrected chi connectivity index (χ4v) is 5.15. The molecule has 3 aromatic rings. The van der Waals surface area contributed by atoms with Gasteiger partial charge in [-0.2, -0.15) is 0 Å². The number of carbonyl (C=O) groups is 3. The molecular formula is C33H44N6O4. The zero-order chi connectivity index (χ0) is 30.8. The predicted octanol–water partition coefficient (Wildman–Crippen LogP) is 3.76. The van der Waals surface area contributed by atoms with Crippen molar-refractivity contribution in [3.63, 3.8) is 0 Å². The lowest BCUT2D eigenvalue weighted by Gasteiger charge is -2.24. The van der Waals surface area contributed by atoms with Gasteiger partial charge >= 0.3 is 0 Å². The normalized spacial score (nSPS) is 14.7. The van der Waals surface area contributed by atoms with Crippen LogP contribution in [0.5, 0.6) is 0 Å². The SMILES string of the molecule is Cc1nc(NC(=O)[C@@H](COCc2ccccc2)NC(=O)C(C)(C)N)cn1CCCC(C(=O)N1CCCC1)c1ccccc1. The Morgan fingerprint density at radius 1 is 1.02 bits per heavy atom. The van der Waals surface area contributed by atoms with E-state index in [1.54, 1.807) is 20.0 Å². The first kappa shape index (κ1) is 31.9. The number of amides is 3. The quantitative estimate of drug-likeness (QED) is 0.263. The number of hydrogen-bond acceptors (Lipinski definition) is 6. The summed E-state index contributed by atoms with van der Waals surface area (Å²) >= 11 is 0. The van der Waals surface area contributed by atoms with Crippen LogP contribution in [0.3, 0.4) is 0 Å². The second-order valence-corrected chi connectivity index (χ2v) is 11.7. The molecule has 1 saturated heterocycles. The second kappa shape index (κ2) is 14.9. The van der Waals surface area contributed by atoms with Gasteiger partial charge in [-0.3, -0.25) is 14.4 Å². The molecule has 2 aromatic carbocycles. The summed E-state index contributed by atoms with van der Waals surface area (Å²) in [6.45, 7) is 7.59. The van der Waals surface area contributed by atoms with Crippen LogP contribution in [-0.4, -0.2) is 63.4 Å². The number of hydrogen-bond donors (Lipinski definition) is 3. The number of imidazole rings is 1. The van der Waals surface area contributed by atoms with E-state index in [9.17, 15) is 14.4 Å². The lowest BCUT2D eigenvalue weighted by molar-refractivity contribution is -0.132. The molecule has 1 unspecified atom stereocenters. The van der Waals surface area contributed by atoms with Crippen LogP contribution in [0.15, 0.2) is 66.9 Å². The highest BCUT2D eigenvalue weighted by Gasteiger charge is 2.29. The summed E-state index contributed by atoms with van der Waals surface area (Å²) < 4.78 is 7.75. The Labute approximate surface area is 254 Å². The third-order valence-electron chi connectivity index (χ3n) is 7.64. The number of aromatic nitrogens is 2. The van der Waals surface area contributed by atoms with Crippen molar-refractivity contribution in [3.05, 3.63) is 83.8 Å². The van der Waals surface area contributed by atoms with E-state index in [4.69, 9.17) is 10.5 Å². The van der Waals surface area contributed by atoms with Crippen LogP contribution in [-0.2, 0) is 32.3 Å². The molecule has 43 heavy (non-hydrogen) atoms. The van der Waals surface area contributed by atoms with Crippen LogP contribution in [0.1, 0.15) is 62.4 Å². The largest absolute Gasteiger partial charge is 0.374 e. The standard InChI is InChI=1S/C33H44N6O4/c1-24-35-29(37-30(40)28(36-32(42)33(2,3)34)23-43-22-25-13-6-4-7-14-25)21-39(24)20-12-17-27(26-15-8-5-9-16-26)31(41)38-18-10-11-19-38/h4-9,13-16,21,27-28H,10-12,17-20,22-23,34H2,1-3H3,(H,36,42)(H,37,40)/t27?,28-/m1/s1. The number of benzene rings is 2. The van der Waals surface area contributed by atoms with Crippen molar-refractivity contribution in [2.45, 2.75) is 77.1 Å². The average Bonchev–Trinajstić information content (AvgIpc) is 3.65. The number of ether oxygens (including phenoxy) is 1. The molecule has 0 aliphatic carbocycles. The molecule has 1 aliphatic rings. The maximum Gasteiger partial charge on any atom is 0.250 e. The fourth-order valence-electron chi connectivity index (χ4n) is 5.15. The topological polar surface area (TPSA) is 132 Å². The number of nitrogens with two attached hydrogens (primary N) is 1. The molecule has 1 fully saturated rings. The van der Waals surface area contributed by atoms with Gasteiger partial charge in [0.05, 0.1) is 24.7 Å². The van der Waals surface area contributed by atoms with E-state index in [0.717, 1.165) is 49.3 Å². The highest BCUT2D eigenvalue weighted by molar-refractivity contribution is 5.98. The molecule has 1 aliphatic heterocycles. The Morgan fingerprint density at radius 2 is 1.67 bits per heavy atom. The number of carbonyl (C=O) groups excluding carboxylic acids is 3. The first-order valence-electron chi connectivity index (χ1n) is 15.0. The van der Waals surface area contributed by atoms with Gasteiger partial charge in [-0.1, -0.05) is 60.7 Å². The van der Waals surface area contributed by atoms with Gasteiger partial charge in [-0.05, 0) is 57.6 Å². The summed E-state index contributed by atoms with van der Waals surface area (Å²) in [6.07, 6.45) is 5.37. The summed E-state index contributed by atoms with van der Waals surface area (Å²) in [5, 5.41) is 5.53. The third kappa shape index (κ3) is 9.23.